The smallest absolute Gasteiger partial charge is 0.0234 e. The van der Waals surface area contributed by atoms with E-state index in [2.05, 4.69) is 48.3 Å². The quantitative estimate of drug-likeness (QED) is 0.845. The fourth-order valence-electron chi connectivity index (χ4n) is 2.85. The Morgan fingerprint density at radius 1 is 1.16 bits per heavy atom. The second-order valence-corrected chi connectivity index (χ2v) is 5.70. The number of piperidine rings is 1. The highest BCUT2D eigenvalue weighted by Gasteiger charge is 2.18. The summed E-state index contributed by atoms with van der Waals surface area (Å²) in [7, 11) is 0. The molecule has 2 rings (SSSR count). The Hall–Kier alpha value is -0.860. The molecule has 0 saturated carbocycles. The molecule has 1 heterocycles. The van der Waals surface area contributed by atoms with Crippen LogP contribution in [0.1, 0.15) is 44.2 Å². The lowest BCUT2D eigenvalue weighted by molar-refractivity contribution is 0.183. The third-order valence-corrected chi connectivity index (χ3v) is 4.03. The van der Waals surface area contributed by atoms with E-state index >= 15 is 0 Å². The van der Waals surface area contributed by atoms with Crippen molar-refractivity contribution >= 4 is 0 Å². The lowest BCUT2D eigenvalue weighted by atomic mass is 10.0. The molecule has 1 unspecified atom stereocenters. The minimum atomic E-state index is 0.698. The number of benzene rings is 1. The zero-order valence-corrected chi connectivity index (χ0v) is 12.5. The van der Waals surface area contributed by atoms with Gasteiger partial charge in [-0.25, -0.2) is 0 Å². The maximum atomic E-state index is 3.66. The van der Waals surface area contributed by atoms with Crippen LogP contribution in [0.2, 0.25) is 0 Å². The van der Waals surface area contributed by atoms with Gasteiger partial charge in [-0.15, -0.1) is 0 Å². The van der Waals surface area contributed by atoms with Gasteiger partial charge in [-0.1, -0.05) is 38.1 Å². The van der Waals surface area contributed by atoms with E-state index in [4.69, 9.17) is 0 Å². The van der Waals surface area contributed by atoms with E-state index in [0.29, 0.717) is 6.04 Å². The van der Waals surface area contributed by atoms with Gasteiger partial charge in [-0.3, -0.25) is 4.90 Å². The molecule has 0 amide bonds. The molecule has 0 spiro atoms. The minimum absolute atomic E-state index is 0.698. The molecule has 106 valence electrons. The molecule has 0 aromatic heterocycles. The van der Waals surface area contributed by atoms with Crippen LogP contribution in [0, 0.1) is 0 Å². The second kappa shape index (κ2) is 7.66. The van der Waals surface area contributed by atoms with Crippen molar-refractivity contribution in [2.45, 2.75) is 52.1 Å². The summed E-state index contributed by atoms with van der Waals surface area (Å²) in [4.78, 5) is 2.60. The van der Waals surface area contributed by atoms with Gasteiger partial charge in [0, 0.05) is 19.1 Å². The minimum Gasteiger partial charge on any atom is -0.313 e. The molecule has 1 fully saturated rings. The van der Waals surface area contributed by atoms with Gasteiger partial charge in [-0.2, -0.15) is 0 Å². The highest BCUT2D eigenvalue weighted by Crippen LogP contribution is 2.14. The van der Waals surface area contributed by atoms with Crippen LogP contribution < -0.4 is 5.32 Å². The van der Waals surface area contributed by atoms with E-state index in [-0.39, 0.29) is 0 Å². The van der Waals surface area contributed by atoms with Crippen molar-refractivity contribution in [3.05, 3.63) is 35.4 Å². The summed E-state index contributed by atoms with van der Waals surface area (Å²) in [5, 5.41) is 3.66. The van der Waals surface area contributed by atoms with Crippen LogP contribution in [0.3, 0.4) is 0 Å². The standard InChI is InChI=1S/C17H28N2/c1-3-11-18-17-6-5-12-19(14-17)13-16-9-7-15(4-2)8-10-16/h7-10,17-18H,3-6,11-14H2,1-2H3. The molecule has 1 aliphatic heterocycles. The fourth-order valence-corrected chi connectivity index (χ4v) is 2.85. The molecule has 1 N–H and O–H groups in total. The molecule has 2 heteroatoms. The molecule has 2 nitrogen and oxygen atoms in total. The Balaban J connectivity index is 1.83. The summed E-state index contributed by atoms with van der Waals surface area (Å²) in [6.07, 6.45) is 5.03. The maximum Gasteiger partial charge on any atom is 0.0234 e. The van der Waals surface area contributed by atoms with Gasteiger partial charge in [0.15, 0.2) is 0 Å². The van der Waals surface area contributed by atoms with Gasteiger partial charge in [-0.05, 0) is 49.9 Å². The van der Waals surface area contributed by atoms with Crippen molar-refractivity contribution in [3.63, 3.8) is 0 Å². The number of aryl methyl sites for hydroxylation is 1. The molecule has 0 radical (unpaired) electrons. The Morgan fingerprint density at radius 2 is 1.89 bits per heavy atom. The monoisotopic (exact) mass is 260 g/mol. The molecule has 1 saturated heterocycles. The van der Waals surface area contributed by atoms with Crippen LogP contribution in [-0.2, 0) is 13.0 Å². The summed E-state index contributed by atoms with van der Waals surface area (Å²) in [5.74, 6) is 0. The molecule has 1 aromatic carbocycles. The number of hydrogen-bond donors (Lipinski definition) is 1. The van der Waals surface area contributed by atoms with Gasteiger partial charge in [0.2, 0.25) is 0 Å². The van der Waals surface area contributed by atoms with Gasteiger partial charge < -0.3 is 5.32 Å². The van der Waals surface area contributed by atoms with Crippen molar-refractivity contribution in [2.75, 3.05) is 19.6 Å². The second-order valence-electron chi connectivity index (χ2n) is 5.70. The number of nitrogens with one attached hydrogen (secondary N) is 1. The molecule has 19 heavy (non-hydrogen) atoms. The van der Waals surface area contributed by atoms with E-state index in [1.165, 1.54) is 43.5 Å². The van der Waals surface area contributed by atoms with Crippen molar-refractivity contribution in [2.24, 2.45) is 0 Å². The first-order valence-electron chi connectivity index (χ1n) is 7.85. The first-order chi connectivity index (χ1) is 9.31. The Labute approximate surface area is 118 Å². The topological polar surface area (TPSA) is 15.3 Å². The van der Waals surface area contributed by atoms with E-state index in [9.17, 15) is 0 Å². The normalized spacial score (nSPS) is 20.6. The zero-order valence-electron chi connectivity index (χ0n) is 12.5. The number of nitrogens with zero attached hydrogens (tertiary/aromatic N) is 1. The van der Waals surface area contributed by atoms with Crippen LogP contribution in [0.4, 0.5) is 0 Å². The van der Waals surface area contributed by atoms with E-state index in [1.807, 2.05) is 0 Å². The van der Waals surface area contributed by atoms with E-state index < -0.39 is 0 Å². The van der Waals surface area contributed by atoms with Crippen molar-refractivity contribution in [1.29, 1.82) is 0 Å². The lowest BCUT2D eigenvalue weighted by Crippen LogP contribution is -2.45. The predicted molar refractivity (Wildman–Crippen MR) is 82.4 cm³/mol. The first-order valence-corrected chi connectivity index (χ1v) is 7.85. The highest BCUT2D eigenvalue weighted by molar-refractivity contribution is 5.22. The molecular formula is C17H28N2. The summed E-state index contributed by atoms with van der Waals surface area (Å²) >= 11 is 0. The molecule has 1 aromatic rings. The Bertz CT molecular complexity index is 358. The van der Waals surface area contributed by atoms with Crippen LogP contribution in [-0.4, -0.2) is 30.6 Å². The fraction of sp³-hybridized carbons (Fsp3) is 0.647. The summed E-state index contributed by atoms with van der Waals surface area (Å²) in [6.45, 7) is 9.17. The summed E-state index contributed by atoms with van der Waals surface area (Å²) < 4.78 is 0. The Kier molecular flexibility index (Phi) is 5.87. The molecular weight excluding hydrogens is 232 g/mol. The third-order valence-electron chi connectivity index (χ3n) is 4.03. The third kappa shape index (κ3) is 4.63. The largest absolute Gasteiger partial charge is 0.313 e. The van der Waals surface area contributed by atoms with Crippen molar-refractivity contribution < 1.29 is 0 Å². The number of hydrogen-bond acceptors (Lipinski definition) is 2. The predicted octanol–water partition coefficient (Wildman–Crippen LogP) is 3.21. The van der Waals surface area contributed by atoms with Gasteiger partial charge >= 0.3 is 0 Å². The molecule has 0 aliphatic carbocycles. The summed E-state index contributed by atoms with van der Waals surface area (Å²) in [5.41, 5.74) is 2.89. The van der Waals surface area contributed by atoms with Gasteiger partial charge in [0.25, 0.3) is 0 Å². The van der Waals surface area contributed by atoms with Gasteiger partial charge in [0.05, 0.1) is 0 Å². The lowest BCUT2D eigenvalue weighted by Gasteiger charge is -2.33. The van der Waals surface area contributed by atoms with E-state index in [0.717, 1.165) is 19.5 Å². The van der Waals surface area contributed by atoms with E-state index in [1.54, 1.807) is 0 Å². The Morgan fingerprint density at radius 3 is 2.58 bits per heavy atom. The molecule has 1 aliphatic rings. The SMILES string of the molecule is CCCNC1CCCN(Cc2ccc(CC)cc2)C1. The number of rotatable bonds is 6. The zero-order chi connectivity index (χ0) is 13.5. The van der Waals surface area contributed by atoms with Crippen LogP contribution in [0.15, 0.2) is 24.3 Å². The molecule has 1 atom stereocenters. The first kappa shape index (κ1) is 14.5. The van der Waals surface area contributed by atoms with Crippen molar-refractivity contribution in [1.82, 2.24) is 10.2 Å². The van der Waals surface area contributed by atoms with Crippen LogP contribution in [0.25, 0.3) is 0 Å². The number of likely N-dealkylation sites (tertiary alicyclic amines) is 1. The average Bonchev–Trinajstić information content (AvgIpc) is 2.46. The highest BCUT2D eigenvalue weighted by atomic mass is 15.2. The van der Waals surface area contributed by atoms with Crippen LogP contribution in [0.5, 0.6) is 0 Å². The van der Waals surface area contributed by atoms with Gasteiger partial charge in [0.1, 0.15) is 0 Å². The maximum absolute atomic E-state index is 3.66. The van der Waals surface area contributed by atoms with Crippen molar-refractivity contribution in [3.8, 4) is 0 Å². The molecule has 0 bridgehead atoms. The average molecular weight is 260 g/mol. The summed E-state index contributed by atoms with van der Waals surface area (Å²) in [6, 6.07) is 9.82. The van der Waals surface area contributed by atoms with Crippen LogP contribution >= 0.6 is 0 Å².